The molecule has 10 nitrogen and oxygen atoms in total. The zero-order valence-corrected chi connectivity index (χ0v) is 26.4. The average molecular weight is 625 g/mol. The lowest BCUT2D eigenvalue weighted by Gasteiger charge is -2.66. The second-order valence-electron chi connectivity index (χ2n) is 15.0. The van der Waals surface area contributed by atoms with Gasteiger partial charge >= 0.3 is 5.97 Å². The Bertz CT molecular complexity index is 1330. The summed E-state index contributed by atoms with van der Waals surface area (Å²) in [5.74, 6) is -0.164. The van der Waals surface area contributed by atoms with Crippen LogP contribution in [0.15, 0.2) is 41.2 Å². The first-order valence-corrected chi connectivity index (χ1v) is 16.9. The van der Waals surface area contributed by atoms with Crippen LogP contribution in [0.2, 0.25) is 0 Å². The van der Waals surface area contributed by atoms with Crippen molar-refractivity contribution in [2.24, 2.45) is 33.6 Å². The van der Waals surface area contributed by atoms with E-state index in [1.54, 1.807) is 25.4 Å². The van der Waals surface area contributed by atoms with Crippen LogP contribution in [0.3, 0.4) is 0 Å². The highest BCUT2D eigenvalue weighted by atomic mass is 16.7. The van der Waals surface area contributed by atoms with Gasteiger partial charge in [0.25, 0.3) is 0 Å². The molecule has 4 aliphatic carbocycles. The van der Waals surface area contributed by atoms with Crippen molar-refractivity contribution in [1.29, 1.82) is 0 Å². The Kier molecular flexibility index (Phi) is 8.02. The van der Waals surface area contributed by atoms with Crippen LogP contribution in [0.4, 0.5) is 0 Å². The van der Waals surface area contributed by atoms with E-state index in [0.717, 1.165) is 30.4 Å². The van der Waals surface area contributed by atoms with E-state index >= 15 is 0 Å². The molecule has 0 bridgehead atoms. The molecule has 1 aromatic heterocycles. The van der Waals surface area contributed by atoms with Gasteiger partial charge in [-0.15, -0.1) is 0 Å². The van der Waals surface area contributed by atoms with Gasteiger partial charge in [0.15, 0.2) is 6.29 Å². The number of nitrogens with zero attached hydrogens (tertiary/aromatic N) is 2. The van der Waals surface area contributed by atoms with Crippen LogP contribution >= 0.6 is 0 Å². The topological polar surface area (TPSA) is 151 Å². The molecule has 1 saturated heterocycles. The first-order valence-electron chi connectivity index (χ1n) is 16.9. The summed E-state index contributed by atoms with van der Waals surface area (Å²) in [5.41, 5.74) is -0.971. The Hall–Kier alpha value is -2.21. The van der Waals surface area contributed by atoms with Gasteiger partial charge in [0, 0.05) is 48.4 Å². The molecule has 10 heteroatoms. The number of ether oxygens (including phenoxy) is 3. The van der Waals surface area contributed by atoms with Crippen LogP contribution in [0, 0.1) is 28.6 Å². The fraction of sp³-hybridized carbons (Fsp3) is 0.743. The van der Waals surface area contributed by atoms with Gasteiger partial charge < -0.3 is 34.6 Å². The lowest BCUT2D eigenvalue weighted by atomic mass is 9.41. The van der Waals surface area contributed by atoms with E-state index in [2.05, 4.69) is 11.9 Å². The van der Waals surface area contributed by atoms with Gasteiger partial charge in [-0.05, 0) is 99.3 Å². The molecule has 0 spiro atoms. The summed E-state index contributed by atoms with van der Waals surface area (Å²) in [5, 5.41) is 45.9. The molecule has 0 radical (unpaired) electrons. The van der Waals surface area contributed by atoms with Crippen molar-refractivity contribution in [3.05, 3.63) is 41.7 Å². The third-order valence-corrected chi connectivity index (χ3v) is 13.0. The normalized spacial score (nSPS) is 48.0. The third kappa shape index (κ3) is 5.02. The number of carbonyl (C=O) groups excluding carboxylic acids is 1. The molecule has 246 valence electrons. The van der Waals surface area contributed by atoms with E-state index in [0.29, 0.717) is 51.7 Å². The monoisotopic (exact) mass is 624 g/mol. The van der Waals surface area contributed by atoms with Crippen molar-refractivity contribution < 1.29 is 39.4 Å². The molecular formula is C35H48N2O8. The van der Waals surface area contributed by atoms with Gasteiger partial charge in [-0.1, -0.05) is 6.92 Å². The summed E-state index contributed by atoms with van der Waals surface area (Å²) >= 11 is 0. The fourth-order valence-electron chi connectivity index (χ4n) is 10.6. The van der Waals surface area contributed by atoms with Gasteiger partial charge in [-0.2, -0.15) is 0 Å². The molecule has 4 saturated carbocycles. The van der Waals surface area contributed by atoms with Gasteiger partial charge in [0.2, 0.25) is 0 Å². The molecular weight excluding hydrogens is 576 g/mol. The summed E-state index contributed by atoms with van der Waals surface area (Å²) in [6.45, 7) is 4.73. The molecule has 4 N–H and O–H groups in total. The highest BCUT2D eigenvalue weighted by Gasteiger charge is 2.71. The zero-order valence-electron chi connectivity index (χ0n) is 26.4. The number of esters is 1. The van der Waals surface area contributed by atoms with Crippen molar-refractivity contribution >= 4 is 12.2 Å². The first-order chi connectivity index (χ1) is 21.5. The maximum Gasteiger partial charge on any atom is 0.331 e. The fourth-order valence-corrected chi connectivity index (χ4v) is 10.6. The first kappa shape index (κ1) is 31.4. The number of aliphatic hydroxyl groups is 4. The minimum absolute atomic E-state index is 0.0100. The van der Waals surface area contributed by atoms with Crippen LogP contribution in [0.1, 0.15) is 83.6 Å². The highest BCUT2D eigenvalue weighted by Crippen LogP contribution is 2.70. The van der Waals surface area contributed by atoms with E-state index in [9.17, 15) is 25.2 Å². The second kappa shape index (κ2) is 11.5. The van der Waals surface area contributed by atoms with Gasteiger partial charge in [0.05, 0.1) is 36.1 Å². The maximum atomic E-state index is 12.7. The Morgan fingerprint density at radius 1 is 1.07 bits per heavy atom. The number of rotatable bonds is 6. The molecule has 12 atom stereocenters. The molecule has 45 heavy (non-hydrogen) atoms. The number of aliphatic hydroxyl groups excluding tert-OH is 2. The summed E-state index contributed by atoms with van der Waals surface area (Å²) in [6.07, 6.45) is 10.2. The number of carbonyl (C=O) groups is 1. The summed E-state index contributed by atoms with van der Waals surface area (Å²) in [4.78, 5) is 21.1. The Labute approximate surface area is 264 Å². The van der Waals surface area contributed by atoms with Crippen LogP contribution in [0.25, 0.3) is 0 Å². The van der Waals surface area contributed by atoms with Crippen molar-refractivity contribution in [2.75, 3.05) is 6.61 Å². The molecule has 3 heterocycles. The summed E-state index contributed by atoms with van der Waals surface area (Å²) in [7, 11) is 0. The van der Waals surface area contributed by atoms with Crippen molar-refractivity contribution in [3.8, 4) is 0 Å². The molecule has 0 amide bonds. The molecule has 1 aromatic rings. The largest absolute Gasteiger partial charge is 0.458 e. The van der Waals surface area contributed by atoms with Crippen molar-refractivity contribution in [3.63, 3.8) is 0 Å². The Balaban J connectivity index is 1.17. The van der Waals surface area contributed by atoms with E-state index in [-0.39, 0.29) is 41.7 Å². The van der Waals surface area contributed by atoms with Crippen molar-refractivity contribution in [1.82, 2.24) is 4.98 Å². The number of aromatic nitrogens is 1. The number of fused-ring (bicyclic) bond motifs is 5. The number of cyclic esters (lactones) is 1. The number of hydrogen-bond acceptors (Lipinski definition) is 10. The predicted octanol–water partition coefficient (Wildman–Crippen LogP) is 3.25. The highest BCUT2D eigenvalue weighted by molar-refractivity contribution is 5.85. The molecule has 6 aliphatic rings. The predicted molar refractivity (Wildman–Crippen MR) is 164 cm³/mol. The zero-order chi connectivity index (χ0) is 31.6. The minimum Gasteiger partial charge on any atom is -0.458 e. The van der Waals surface area contributed by atoms with E-state index in [1.807, 2.05) is 18.3 Å². The van der Waals surface area contributed by atoms with Crippen LogP contribution < -0.4 is 0 Å². The maximum absolute atomic E-state index is 12.7. The Morgan fingerprint density at radius 3 is 2.58 bits per heavy atom. The van der Waals surface area contributed by atoms with Crippen LogP contribution in [-0.2, 0) is 25.5 Å². The molecule has 0 aromatic carbocycles. The Morgan fingerprint density at radius 2 is 1.84 bits per heavy atom. The molecule has 7 rings (SSSR count). The van der Waals surface area contributed by atoms with E-state index in [4.69, 9.17) is 19.2 Å². The van der Waals surface area contributed by atoms with Gasteiger partial charge in [-0.3, -0.25) is 9.98 Å². The lowest BCUT2D eigenvalue weighted by molar-refractivity contribution is -0.282. The van der Waals surface area contributed by atoms with E-state index in [1.165, 1.54) is 0 Å². The summed E-state index contributed by atoms with van der Waals surface area (Å²) < 4.78 is 17.5. The van der Waals surface area contributed by atoms with Crippen molar-refractivity contribution in [2.45, 2.75) is 127 Å². The molecule has 2 aliphatic heterocycles. The lowest BCUT2D eigenvalue weighted by Crippen LogP contribution is -2.69. The number of aliphatic imine (C=N–C) groups is 1. The SMILES string of the molecule is C[C@@H]1O[C@@H](O[C@@H]2CC[C@@]3(C=NCc4ccncc4)[C@@H]4CC[C@@]5(C)[C@@H](C6=CC(=O)OC6)CC[C@]5(O)[C@@H]4CC[C@]3(O)C2)C[C@@H](O)[C@H]1O. The van der Waals surface area contributed by atoms with Gasteiger partial charge in [-0.25, -0.2) is 4.79 Å². The standard InChI is InChI=1S/C35H48N2O8/c1-21-31(40)28(38)16-30(44-21)45-24-3-10-33(20-37-18-22-7-13-36-14-8-22)26-4-9-32(2)25(23-15-29(39)43-19-23)6-12-35(32,42)27(26)5-11-34(33,41)17-24/h7-8,13-15,20-21,24-28,30-31,38,40-42H,3-6,9-12,16-19H2,1-2H3/t21-,24+,25+,26+,27+,28+,30-,31-,32-,33+,34-,35-/m0/s1. The number of pyridine rings is 1. The van der Waals surface area contributed by atoms with E-state index < -0.39 is 41.2 Å². The quantitative estimate of drug-likeness (QED) is 0.212. The smallest absolute Gasteiger partial charge is 0.331 e. The second-order valence-corrected chi connectivity index (χ2v) is 15.0. The molecule has 0 unspecified atom stereocenters. The molecule has 5 fully saturated rings. The van der Waals surface area contributed by atoms with Gasteiger partial charge in [0.1, 0.15) is 12.7 Å². The summed E-state index contributed by atoms with van der Waals surface area (Å²) in [6, 6.07) is 3.90. The third-order valence-electron chi connectivity index (χ3n) is 13.0. The minimum atomic E-state index is -1.09. The number of hydrogen-bond donors (Lipinski definition) is 4. The van der Waals surface area contributed by atoms with Crippen LogP contribution in [0.5, 0.6) is 0 Å². The van der Waals surface area contributed by atoms with Crippen LogP contribution in [-0.4, -0.2) is 86.1 Å². The average Bonchev–Trinajstić information content (AvgIpc) is 3.56.